The lowest BCUT2D eigenvalue weighted by Crippen LogP contribution is -2.20. The van der Waals surface area contributed by atoms with Crippen molar-refractivity contribution in [1.82, 2.24) is 0 Å². The monoisotopic (exact) mass is 415 g/mol. The summed E-state index contributed by atoms with van der Waals surface area (Å²) in [7, 11) is -5.89. The molecule has 0 aliphatic heterocycles. The molecule has 0 saturated heterocycles. The van der Waals surface area contributed by atoms with Crippen LogP contribution in [-0.4, -0.2) is 17.8 Å². The van der Waals surface area contributed by atoms with Crippen molar-refractivity contribution < 1.29 is 12.0 Å². The van der Waals surface area contributed by atoms with Gasteiger partial charge in [-0.3, -0.25) is 3.63 Å². The minimum atomic E-state index is -3.59. The van der Waals surface area contributed by atoms with Crippen LogP contribution in [0.25, 0.3) is 0 Å². The van der Waals surface area contributed by atoms with Crippen LogP contribution in [0.1, 0.15) is 25.3 Å². The third-order valence-corrected chi connectivity index (χ3v) is 9.98. The van der Waals surface area contributed by atoms with Crippen molar-refractivity contribution >= 4 is 20.4 Å². The summed E-state index contributed by atoms with van der Waals surface area (Å²) in [4.78, 5) is 2.77. The zero-order valence-corrected chi connectivity index (χ0v) is 17.9. The van der Waals surface area contributed by atoms with E-state index >= 15 is 0 Å². The number of hydrogen-bond acceptors (Lipinski definition) is 2. The Bertz CT molecular complexity index is 944. The highest BCUT2D eigenvalue weighted by Gasteiger charge is 2.42. The molecule has 0 unspecified atom stereocenters. The third kappa shape index (κ3) is 4.49. The van der Waals surface area contributed by atoms with Crippen molar-refractivity contribution in [2.45, 2.75) is 41.4 Å². The second-order valence-corrected chi connectivity index (χ2v) is 11.5. The highest BCUT2D eigenvalue weighted by Crippen LogP contribution is 2.68. The number of rotatable bonds is 8. The van der Waals surface area contributed by atoms with Crippen LogP contribution in [0.3, 0.4) is 0 Å². The molecule has 0 amide bonds. The molecule has 148 valence electrons. The van der Waals surface area contributed by atoms with Crippen LogP contribution in [0, 0.1) is 6.92 Å². The van der Waals surface area contributed by atoms with E-state index in [1.807, 2.05) is 98.8 Å². The van der Waals surface area contributed by atoms with Crippen LogP contribution in [0.5, 0.6) is 0 Å². The molecule has 3 rings (SSSR count). The van der Waals surface area contributed by atoms with E-state index in [9.17, 15) is 8.42 Å². The molecule has 5 heteroatoms. The Morgan fingerprint density at radius 1 is 0.714 bits per heavy atom. The lowest BCUT2D eigenvalue weighted by Gasteiger charge is -2.34. The minimum absolute atomic E-state index is 0.0732. The predicted molar refractivity (Wildman–Crippen MR) is 118 cm³/mol. The van der Waals surface area contributed by atoms with Gasteiger partial charge in [0.2, 0.25) is 0 Å². The Kier molecular flexibility index (Phi) is 6.60. The molecule has 0 aromatic heterocycles. The van der Waals surface area contributed by atoms with Crippen molar-refractivity contribution in [3.8, 4) is 0 Å². The van der Waals surface area contributed by atoms with Gasteiger partial charge in [-0.2, -0.15) is 8.42 Å². The number of unbranched alkanes of at least 4 members (excludes halogenated alkanes) is 1. The molecule has 0 aliphatic rings. The highest BCUT2D eigenvalue weighted by molar-refractivity contribution is 8.32. The van der Waals surface area contributed by atoms with E-state index in [-0.39, 0.29) is 5.75 Å². The molecule has 3 nitrogen and oxygen atoms in total. The topological polar surface area (TPSA) is 46.9 Å². The summed E-state index contributed by atoms with van der Waals surface area (Å²) in [6, 6.07) is 27.7. The first-order chi connectivity index (χ1) is 13.5. The molecule has 1 N–H and O–H groups in total. The zero-order valence-electron chi connectivity index (χ0n) is 16.3. The molecule has 0 saturated carbocycles. The van der Waals surface area contributed by atoms with Crippen molar-refractivity contribution in [2.75, 3.05) is 5.75 Å². The number of aryl methyl sites for hydroxylation is 1. The summed E-state index contributed by atoms with van der Waals surface area (Å²) in [5.74, 6) is 0.0732. The Hall–Kier alpha value is -2.08. The summed E-state index contributed by atoms with van der Waals surface area (Å²) in [6.07, 6.45) is 1.43. The van der Waals surface area contributed by atoms with Crippen LogP contribution in [0.4, 0.5) is 0 Å². The predicted octanol–water partition coefficient (Wildman–Crippen LogP) is 6.42. The average Bonchev–Trinajstić information content (AvgIpc) is 2.72. The van der Waals surface area contributed by atoms with Gasteiger partial charge in [0, 0.05) is 0 Å². The Morgan fingerprint density at radius 2 is 1.18 bits per heavy atom. The maximum Gasteiger partial charge on any atom is 0.390 e. The van der Waals surface area contributed by atoms with Crippen LogP contribution >= 0.6 is 10.3 Å². The first kappa shape index (κ1) is 20.6. The molecule has 0 fully saturated rings. The third-order valence-electron chi connectivity index (χ3n) is 4.51. The molecule has 0 atom stereocenters. The fourth-order valence-electron chi connectivity index (χ4n) is 3.04. The van der Waals surface area contributed by atoms with Gasteiger partial charge in [-0.25, -0.2) is 0 Å². The Labute approximate surface area is 170 Å². The summed E-state index contributed by atoms with van der Waals surface area (Å²) in [5, 5.41) is 0. The van der Waals surface area contributed by atoms with Gasteiger partial charge in [0.05, 0.1) is 25.0 Å². The molecule has 0 heterocycles. The molecular formula is C23H27O3S2+. The summed E-state index contributed by atoms with van der Waals surface area (Å²) < 4.78 is 30.8. The minimum Gasteiger partial charge on any atom is -0.262 e. The summed E-state index contributed by atoms with van der Waals surface area (Å²) in [5.41, 5.74) is 1.13. The molecule has 3 aromatic carbocycles. The van der Waals surface area contributed by atoms with Gasteiger partial charge in [-0.15, -0.1) is 0 Å². The van der Waals surface area contributed by atoms with Crippen LogP contribution < -0.4 is 0 Å². The maximum atomic E-state index is 13.0. The van der Waals surface area contributed by atoms with Crippen molar-refractivity contribution in [3.63, 3.8) is 0 Å². The van der Waals surface area contributed by atoms with E-state index in [2.05, 4.69) is 3.63 Å². The summed E-state index contributed by atoms with van der Waals surface area (Å²) >= 11 is 0. The second-order valence-electron chi connectivity index (χ2n) is 6.73. The van der Waals surface area contributed by atoms with Crippen LogP contribution in [0.2, 0.25) is 0 Å². The fraction of sp³-hybridized carbons (Fsp3) is 0.217. The van der Waals surface area contributed by atoms with Crippen molar-refractivity contribution in [1.29, 1.82) is 0 Å². The number of benzene rings is 3. The fourth-order valence-corrected chi connectivity index (χ4v) is 8.84. The molecule has 0 bridgehead atoms. The standard InChI is InChI=1S/C23H26O3S2/c1-3-4-19-27(24,25)26-28(21-11-7-5-8-12-21,22-13-9-6-10-14-22)23-17-15-20(2)16-18-23/h5-18H,3-4,19H2,1-2H3/p+1. The lowest BCUT2D eigenvalue weighted by atomic mass is 10.2. The molecular weight excluding hydrogens is 388 g/mol. The smallest absolute Gasteiger partial charge is 0.262 e. The normalized spacial score (nSPS) is 12.6. The van der Waals surface area contributed by atoms with Gasteiger partial charge in [0.25, 0.3) is 0 Å². The molecule has 3 aromatic rings. The first-order valence-electron chi connectivity index (χ1n) is 9.45. The van der Waals surface area contributed by atoms with Gasteiger partial charge in [-0.1, -0.05) is 67.4 Å². The van der Waals surface area contributed by atoms with Gasteiger partial charge in [-0.05, 0) is 49.7 Å². The zero-order chi connectivity index (χ0) is 20.0. The van der Waals surface area contributed by atoms with E-state index in [4.69, 9.17) is 0 Å². The Balaban J connectivity index is 2.28. The molecule has 28 heavy (non-hydrogen) atoms. The van der Waals surface area contributed by atoms with E-state index in [1.165, 1.54) is 0 Å². The average molecular weight is 416 g/mol. The Morgan fingerprint density at radius 3 is 1.64 bits per heavy atom. The highest BCUT2D eigenvalue weighted by atomic mass is 32.3. The summed E-state index contributed by atoms with van der Waals surface area (Å²) in [6.45, 7) is 4.02. The molecule has 0 radical (unpaired) electrons. The van der Waals surface area contributed by atoms with E-state index in [1.54, 1.807) is 0 Å². The van der Waals surface area contributed by atoms with Crippen LogP contribution in [-0.2, 0) is 10.1 Å². The van der Waals surface area contributed by atoms with Gasteiger partial charge >= 0.3 is 10.1 Å². The van der Waals surface area contributed by atoms with Gasteiger partial charge < -0.3 is 0 Å². The van der Waals surface area contributed by atoms with Crippen molar-refractivity contribution in [2.24, 2.45) is 0 Å². The molecule has 0 spiro atoms. The number of hydrogen-bond donors (Lipinski definition) is 0. The van der Waals surface area contributed by atoms with E-state index in [0.29, 0.717) is 6.42 Å². The maximum absolute atomic E-state index is 13.0. The quantitative estimate of drug-likeness (QED) is 0.315. The van der Waals surface area contributed by atoms with Gasteiger partial charge in [0.15, 0.2) is 0 Å². The van der Waals surface area contributed by atoms with Crippen LogP contribution in [0.15, 0.2) is 99.6 Å². The van der Waals surface area contributed by atoms with Gasteiger partial charge in [0.1, 0.15) is 5.75 Å². The SMILES string of the molecule is CCCCS(=O)(=O)[OH+]S(c1ccccc1)(c1ccccc1)c1ccc(C)cc1. The van der Waals surface area contributed by atoms with E-state index < -0.39 is 20.4 Å². The first-order valence-corrected chi connectivity index (χ1v) is 12.6. The van der Waals surface area contributed by atoms with E-state index in [0.717, 1.165) is 26.7 Å². The molecule has 0 aliphatic carbocycles. The lowest BCUT2D eigenvalue weighted by molar-refractivity contribution is 0.386. The largest absolute Gasteiger partial charge is 0.390 e. The second kappa shape index (κ2) is 8.95. The van der Waals surface area contributed by atoms with Crippen molar-refractivity contribution in [3.05, 3.63) is 90.5 Å².